The van der Waals surface area contributed by atoms with Crippen LogP contribution in [-0.4, -0.2) is 57.2 Å². The fourth-order valence-corrected chi connectivity index (χ4v) is 6.61. The van der Waals surface area contributed by atoms with E-state index in [4.69, 9.17) is 17.2 Å². The minimum atomic E-state index is -0.259. The van der Waals surface area contributed by atoms with Crippen LogP contribution < -0.4 is 15.4 Å². The molecule has 1 aromatic carbocycles. The number of aromatic nitrogens is 2. The summed E-state index contributed by atoms with van der Waals surface area (Å²) >= 11 is 6.83. The van der Waals surface area contributed by atoms with Gasteiger partial charge < -0.3 is 9.80 Å². The molecule has 0 spiro atoms. The number of hydrogen-bond donors (Lipinski definition) is 0. The predicted octanol–water partition coefficient (Wildman–Crippen LogP) is 6.03. The number of amides is 1. The van der Waals surface area contributed by atoms with Crippen LogP contribution in [0.25, 0.3) is 11.7 Å². The smallest absolute Gasteiger partial charge is 0.267 e. The van der Waals surface area contributed by atoms with Crippen molar-refractivity contribution in [1.82, 2.24) is 14.3 Å². The first kappa shape index (κ1) is 29.3. The van der Waals surface area contributed by atoms with Gasteiger partial charge in [-0.2, -0.15) is 0 Å². The van der Waals surface area contributed by atoms with Gasteiger partial charge in [0.05, 0.1) is 10.5 Å². The molecule has 10 heteroatoms. The number of nitrogens with zero attached hydrogens (tertiary/aromatic N) is 5. The molecule has 2 fully saturated rings. The van der Waals surface area contributed by atoms with E-state index in [1.807, 2.05) is 19.1 Å². The van der Waals surface area contributed by atoms with Crippen molar-refractivity contribution in [3.8, 4) is 0 Å². The number of piperazine rings is 1. The van der Waals surface area contributed by atoms with Gasteiger partial charge in [-0.1, -0.05) is 69.1 Å². The topological polar surface area (TPSA) is 61.2 Å². The lowest BCUT2D eigenvalue weighted by Gasteiger charge is -2.37. The summed E-state index contributed by atoms with van der Waals surface area (Å²) < 4.78 is 15.5. The average Bonchev–Trinajstić information content (AvgIpc) is 3.24. The standard InChI is InChI=1S/C31H36FN5O2S2/c1-3-4-5-6-7-8-15-36-30(39)26(41-31(36)40)20-25-28(33-27-14-9-22(2)21-37(27)29(25)38)35-18-16-34(17-19-35)24-12-10-23(32)11-13-24/h9-14,20-21H,3-8,15-19H2,1-2H3/b26-20+. The number of halogens is 1. The monoisotopic (exact) mass is 593 g/mol. The van der Waals surface area contributed by atoms with Gasteiger partial charge in [0.15, 0.2) is 0 Å². The Bertz CT molecular complexity index is 1510. The van der Waals surface area contributed by atoms with Crippen molar-refractivity contribution in [3.63, 3.8) is 0 Å². The maximum atomic E-state index is 13.9. The first-order valence-corrected chi connectivity index (χ1v) is 15.6. The number of benzene rings is 1. The second-order valence-electron chi connectivity index (χ2n) is 10.6. The first-order chi connectivity index (χ1) is 19.9. The molecule has 0 bridgehead atoms. The molecule has 0 unspecified atom stereocenters. The lowest BCUT2D eigenvalue weighted by Crippen LogP contribution is -2.47. The van der Waals surface area contributed by atoms with Gasteiger partial charge in [0, 0.05) is 44.6 Å². The fourth-order valence-electron chi connectivity index (χ4n) is 5.32. The first-order valence-electron chi connectivity index (χ1n) is 14.4. The molecule has 216 valence electrons. The van der Waals surface area contributed by atoms with E-state index in [1.165, 1.54) is 43.2 Å². The zero-order valence-electron chi connectivity index (χ0n) is 23.6. The largest absolute Gasteiger partial charge is 0.368 e. The Morgan fingerprint density at radius 1 is 0.951 bits per heavy atom. The third-order valence-electron chi connectivity index (χ3n) is 7.64. The molecule has 1 amide bonds. The Kier molecular flexibility index (Phi) is 9.39. The average molecular weight is 594 g/mol. The highest BCUT2D eigenvalue weighted by atomic mass is 32.2. The van der Waals surface area contributed by atoms with E-state index in [1.54, 1.807) is 33.7 Å². The number of rotatable bonds is 10. The molecule has 0 saturated carbocycles. The summed E-state index contributed by atoms with van der Waals surface area (Å²) in [5.74, 6) is 0.165. The van der Waals surface area contributed by atoms with E-state index in [9.17, 15) is 14.0 Å². The Labute approximate surface area is 250 Å². The summed E-state index contributed by atoms with van der Waals surface area (Å²) in [5.41, 5.74) is 2.64. The van der Waals surface area contributed by atoms with Gasteiger partial charge in [0.25, 0.3) is 11.5 Å². The molecule has 2 aliphatic heterocycles. The lowest BCUT2D eigenvalue weighted by molar-refractivity contribution is -0.122. The second-order valence-corrected chi connectivity index (χ2v) is 12.3. The minimum Gasteiger partial charge on any atom is -0.368 e. The number of fused-ring (bicyclic) bond motifs is 1. The van der Waals surface area contributed by atoms with Crippen LogP contribution in [0.4, 0.5) is 15.9 Å². The molecule has 0 atom stereocenters. The molecule has 3 aromatic rings. The highest BCUT2D eigenvalue weighted by Gasteiger charge is 2.33. The number of thiocarbonyl (C=S) groups is 1. The maximum absolute atomic E-state index is 13.9. The third-order valence-corrected chi connectivity index (χ3v) is 9.02. The molecule has 2 aliphatic rings. The molecule has 0 N–H and O–H groups in total. The van der Waals surface area contributed by atoms with Crippen LogP contribution >= 0.6 is 24.0 Å². The van der Waals surface area contributed by atoms with Gasteiger partial charge in [-0.3, -0.25) is 18.9 Å². The van der Waals surface area contributed by atoms with Gasteiger partial charge in [-0.05, 0) is 55.3 Å². The van der Waals surface area contributed by atoms with Crippen LogP contribution in [0.1, 0.15) is 56.6 Å². The predicted molar refractivity (Wildman–Crippen MR) is 170 cm³/mol. The van der Waals surface area contributed by atoms with Crippen LogP contribution in [0.3, 0.4) is 0 Å². The van der Waals surface area contributed by atoms with Gasteiger partial charge in [-0.25, -0.2) is 9.37 Å². The number of carbonyl (C=O) groups is 1. The van der Waals surface area contributed by atoms with Crippen molar-refractivity contribution in [2.24, 2.45) is 0 Å². The second kappa shape index (κ2) is 13.2. The van der Waals surface area contributed by atoms with Gasteiger partial charge in [-0.15, -0.1) is 0 Å². The number of pyridine rings is 1. The Balaban J connectivity index is 1.40. The normalized spacial score (nSPS) is 17.0. The fraction of sp³-hybridized carbons (Fsp3) is 0.419. The van der Waals surface area contributed by atoms with Crippen LogP contribution in [0, 0.1) is 12.7 Å². The molecule has 4 heterocycles. The number of carbonyl (C=O) groups excluding carboxylic acids is 1. The van der Waals surface area contributed by atoms with E-state index < -0.39 is 0 Å². The van der Waals surface area contributed by atoms with Gasteiger partial charge >= 0.3 is 0 Å². The van der Waals surface area contributed by atoms with Gasteiger partial charge in [0.2, 0.25) is 0 Å². The van der Waals surface area contributed by atoms with Crippen LogP contribution in [0.5, 0.6) is 0 Å². The zero-order valence-corrected chi connectivity index (χ0v) is 25.3. The molecule has 2 saturated heterocycles. The summed E-state index contributed by atoms with van der Waals surface area (Å²) in [6, 6.07) is 10.3. The molecule has 7 nitrogen and oxygen atoms in total. The number of anilines is 2. The van der Waals surface area contributed by atoms with Crippen LogP contribution in [0.2, 0.25) is 0 Å². The minimum absolute atomic E-state index is 0.144. The van der Waals surface area contributed by atoms with E-state index in [2.05, 4.69) is 16.7 Å². The lowest BCUT2D eigenvalue weighted by atomic mass is 10.1. The third kappa shape index (κ3) is 6.64. The van der Waals surface area contributed by atoms with Crippen molar-refractivity contribution in [2.45, 2.75) is 52.4 Å². The van der Waals surface area contributed by atoms with Crippen LogP contribution in [-0.2, 0) is 4.79 Å². The number of aryl methyl sites for hydroxylation is 1. The molecule has 0 radical (unpaired) electrons. The quantitative estimate of drug-likeness (QED) is 0.162. The van der Waals surface area contributed by atoms with E-state index in [0.717, 1.165) is 30.5 Å². The Morgan fingerprint density at radius 3 is 2.37 bits per heavy atom. The zero-order chi connectivity index (χ0) is 28.9. The van der Waals surface area contributed by atoms with E-state index >= 15 is 0 Å². The molecular formula is C31H36FN5O2S2. The number of thioether (sulfide) groups is 1. The Hall–Kier alpha value is -3.24. The van der Waals surface area contributed by atoms with Crippen molar-refractivity contribution in [3.05, 3.63) is 74.8 Å². The SMILES string of the molecule is CCCCCCCCN1C(=O)/C(=C\c2c(N3CCN(c4ccc(F)cc4)CC3)nc3ccc(C)cn3c2=O)SC1=S. The van der Waals surface area contributed by atoms with Crippen molar-refractivity contribution in [2.75, 3.05) is 42.5 Å². The maximum Gasteiger partial charge on any atom is 0.267 e. The summed E-state index contributed by atoms with van der Waals surface area (Å²) in [7, 11) is 0. The summed E-state index contributed by atoms with van der Waals surface area (Å²) in [6.07, 6.45) is 10.3. The van der Waals surface area contributed by atoms with Crippen molar-refractivity contribution < 1.29 is 9.18 Å². The summed E-state index contributed by atoms with van der Waals surface area (Å²) in [6.45, 7) is 7.38. The summed E-state index contributed by atoms with van der Waals surface area (Å²) in [5, 5.41) is 0. The Morgan fingerprint density at radius 2 is 1.63 bits per heavy atom. The molecule has 41 heavy (non-hydrogen) atoms. The van der Waals surface area contributed by atoms with Crippen molar-refractivity contribution in [1.29, 1.82) is 0 Å². The van der Waals surface area contributed by atoms with E-state index in [0.29, 0.717) is 59.0 Å². The summed E-state index contributed by atoms with van der Waals surface area (Å²) in [4.78, 5) is 38.6. The molecule has 5 rings (SSSR count). The number of unbranched alkanes of at least 4 members (excludes halogenated alkanes) is 5. The van der Waals surface area contributed by atoms with Gasteiger partial charge in [0.1, 0.15) is 21.6 Å². The van der Waals surface area contributed by atoms with E-state index in [-0.39, 0.29) is 17.3 Å². The van der Waals surface area contributed by atoms with Crippen molar-refractivity contribution >= 4 is 57.4 Å². The number of hydrogen-bond acceptors (Lipinski definition) is 7. The molecular weight excluding hydrogens is 558 g/mol. The van der Waals surface area contributed by atoms with Crippen LogP contribution in [0.15, 0.2) is 52.3 Å². The highest BCUT2D eigenvalue weighted by Crippen LogP contribution is 2.34. The molecule has 2 aromatic heterocycles. The molecule has 0 aliphatic carbocycles. The highest BCUT2D eigenvalue weighted by molar-refractivity contribution is 8.26.